The van der Waals surface area contributed by atoms with E-state index in [0.717, 1.165) is 19.6 Å². The number of piperazine rings is 1. The van der Waals surface area contributed by atoms with Crippen molar-refractivity contribution in [3.63, 3.8) is 0 Å². The van der Waals surface area contributed by atoms with Gasteiger partial charge in [-0.1, -0.05) is 0 Å². The minimum atomic E-state index is 0.595. The molecule has 2 aliphatic heterocycles. The van der Waals surface area contributed by atoms with E-state index in [0.29, 0.717) is 6.04 Å². The molecule has 0 aromatic rings. The van der Waals surface area contributed by atoms with Gasteiger partial charge in [-0.25, -0.2) is 0 Å². The van der Waals surface area contributed by atoms with Gasteiger partial charge in [0.05, 0.1) is 18.4 Å². The van der Waals surface area contributed by atoms with Crippen LogP contribution in [0.2, 0.25) is 0 Å². The molecule has 0 atom stereocenters. The molecule has 1 fully saturated rings. The molecule has 70 valence electrons. The lowest BCUT2D eigenvalue weighted by Crippen LogP contribution is -2.45. The summed E-state index contributed by atoms with van der Waals surface area (Å²) in [6.07, 6.45) is 1.85. The van der Waals surface area contributed by atoms with E-state index in [2.05, 4.69) is 34.8 Å². The molecule has 1 saturated heterocycles. The van der Waals surface area contributed by atoms with Crippen LogP contribution in [0.25, 0.3) is 0 Å². The predicted octanol–water partition coefficient (Wildman–Crippen LogP) is 0.956. The molecule has 0 saturated carbocycles. The van der Waals surface area contributed by atoms with Crippen LogP contribution in [-0.2, 0) is 0 Å². The van der Waals surface area contributed by atoms with Crippen LogP contribution in [0.5, 0.6) is 0 Å². The highest BCUT2D eigenvalue weighted by molar-refractivity contribution is 5.44. The van der Waals surface area contributed by atoms with E-state index in [1.54, 1.807) is 0 Å². The van der Waals surface area contributed by atoms with Crippen LogP contribution in [0.3, 0.4) is 0 Å². The van der Waals surface area contributed by atoms with Crippen LogP contribution >= 0.6 is 0 Å². The Balaban J connectivity index is 2.09. The summed E-state index contributed by atoms with van der Waals surface area (Å²) in [4.78, 5) is 6.32. The number of fused-ring (bicyclic) bond motifs is 1. The average molecular weight is 178 g/mol. The monoisotopic (exact) mass is 178 g/mol. The Bertz CT molecular complexity index is 286. The maximum atomic E-state index is 4.07. The molecule has 0 unspecified atom stereocenters. The molecule has 4 heteroatoms. The van der Waals surface area contributed by atoms with Gasteiger partial charge in [-0.2, -0.15) is 4.99 Å². The molecule has 4 nitrogen and oxygen atoms in total. The number of hydrazone groups is 1. The van der Waals surface area contributed by atoms with Gasteiger partial charge in [0.1, 0.15) is 6.01 Å². The molecule has 0 aliphatic carbocycles. The van der Waals surface area contributed by atoms with Gasteiger partial charge in [0, 0.05) is 19.1 Å². The second-order valence-corrected chi connectivity index (χ2v) is 3.64. The lowest BCUT2D eigenvalue weighted by molar-refractivity contribution is 0.149. The number of hydrogen-bond acceptors (Lipinski definition) is 4. The number of nitrogens with zero attached hydrogens (tertiary/aromatic N) is 4. The summed E-state index contributed by atoms with van der Waals surface area (Å²) >= 11 is 0. The van der Waals surface area contributed by atoms with Crippen molar-refractivity contribution in [2.45, 2.75) is 19.9 Å². The first kappa shape index (κ1) is 8.48. The van der Waals surface area contributed by atoms with Gasteiger partial charge >= 0.3 is 0 Å². The maximum Gasteiger partial charge on any atom is 0.120 e. The Morgan fingerprint density at radius 2 is 2.31 bits per heavy atom. The summed E-state index contributed by atoms with van der Waals surface area (Å²) in [5, 5.41) is 6.04. The minimum Gasteiger partial charge on any atom is -0.293 e. The number of hydrogen-bond donors (Lipinski definition) is 0. The summed E-state index contributed by atoms with van der Waals surface area (Å²) in [5.74, 6) is 0. The van der Waals surface area contributed by atoms with Crippen LogP contribution in [0.4, 0.5) is 0 Å². The third-order valence-electron chi connectivity index (χ3n) is 2.46. The van der Waals surface area contributed by atoms with E-state index >= 15 is 0 Å². The highest BCUT2D eigenvalue weighted by Crippen LogP contribution is 2.16. The molecule has 13 heavy (non-hydrogen) atoms. The van der Waals surface area contributed by atoms with E-state index < -0.39 is 0 Å². The molecule has 0 bridgehead atoms. The first-order chi connectivity index (χ1) is 6.27. The lowest BCUT2D eigenvalue weighted by atomic mass is 10.2. The average Bonchev–Trinajstić information content (AvgIpc) is 2.17. The Kier molecular flexibility index (Phi) is 2.17. The zero-order valence-electron chi connectivity index (χ0n) is 8.06. The maximum absolute atomic E-state index is 4.07. The van der Waals surface area contributed by atoms with Crippen LogP contribution in [0.15, 0.2) is 22.0 Å². The fraction of sp³-hybridized carbons (Fsp3) is 0.667. The molecule has 2 aliphatic rings. The summed E-state index contributed by atoms with van der Waals surface area (Å²) in [7, 11) is 0. The van der Waals surface area contributed by atoms with E-state index in [-0.39, 0.29) is 0 Å². The molecule has 0 N–H and O–H groups in total. The van der Waals surface area contributed by atoms with E-state index in [4.69, 9.17) is 0 Å². The Morgan fingerprint density at radius 3 is 3.08 bits per heavy atom. The highest BCUT2D eigenvalue weighted by atomic mass is 15.5. The Hall–Kier alpha value is -1.12. The van der Waals surface area contributed by atoms with Crippen LogP contribution in [0.1, 0.15) is 13.8 Å². The van der Waals surface area contributed by atoms with Gasteiger partial charge < -0.3 is 0 Å². The summed E-state index contributed by atoms with van der Waals surface area (Å²) < 4.78 is 0. The Morgan fingerprint density at radius 1 is 1.46 bits per heavy atom. The van der Waals surface area contributed by atoms with Crippen molar-refractivity contribution in [3.8, 4) is 0 Å². The molecular weight excluding hydrogens is 164 g/mol. The quantitative estimate of drug-likeness (QED) is 0.598. The van der Waals surface area contributed by atoms with Gasteiger partial charge in [-0.3, -0.25) is 9.91 Å². The van der Waals surface area contributed by atoms with Crippen molar-refractivity contribution in [2.24, 2.45) is 10.1 Å². The van der Waals surface area contributed by atoms with Crippen molar-refractivity contribution in [1.29, 1.82) is 0 Å². The molecule has 0 aromatic heterocycles. The largest absolute Gasteiger partial charge is 0.293 e. The fourth-order valence-electron chi connectivity index (χ4n) is 1.58. The van der Waals surface area contributed by atoms with Gasteiger partial charge in [-0.05, 0) is 13.8 Å². The van der Waals surface area contributed by atoms with Crippen molar-refractivity contribution >= 4 is 6.01 Å². The lowest BCUT2D eigenvalue weighted by Gasteiger charge is -2.36. The normalized spacial score (nSPS) is 22.1. The first-order valence-corrected chi connectivity index (χ1v) is 4.63. The van der Waals surface area contributed by atoms with E-state index in [9.17, 15) is 0 Å². The highest BCUT2D eigenvalue weighted by Gasteiger charge is 2.22. The Labute approximate surface area is 78.2 Å². The summed E-state index contributed by atoms with van der Waals surface area (Å²) in [6, 6.07) is 3.20. The summed E-state index contributed by atoms with van der Waals surface area (Å²) in [6.45, 7) is 7.40. The molecule has 2 rings (SSSR count). The standard InChI is InChI=1S/C9H14N4/c1-8(2)12-3-4-13-9(6-12)5-10-7-11-13/h5,8H,3-4,6H2,1-2H3. The van der Waals surface area contributed by atoms with Gasteiger partial charge in [0.25, 0.3) is 0 Å². The molecule has 2 heterocycles. The van der Waals surface area contributed by atoms with E-state index in [1.165, 1.54) is 5.70 Å². The van der Waals surface area contributed by atoms with Crippen molar-refractivity contribution in [2.75, 3.05) is 19.6 Å². The van der Waals surface area contributed by atoms with Crippen molar-refractivity contribution < 1.29 is 0 Å². The molecular formula is C9H14N4. The molecule has 0 radical (unpaired) electrons. The van der Waals surface area contributed by atoms with Gasteiger partial charge in [0.2, 0.25) is 0 Å². The second-order valence-electron chi connectivity index (χ2n) is 3.64. The van der Waals surface area contributed by atoms with Gasteiger partial charge in [0.15, 0.2) is 0 Å². The zero-order valence-corrected chi connectivity index (χ0v) is 8.06. The minimum absolute atomic E-state index is 0.595. The topological polar surface area (TPSA) is 31.2 Å². The third-order valence-corrected chi connectivity index (χ3v) is 2.46. The smallest absolute Gasteiger partial charge is 0.120 e. The summed E-state index contributed by atoms with van der Waals surface area (Å²) in [5.41, 5.74) is 1.18. The SMILES string of the molecule is CC(C)N1CCN2N=C=NC=C2C1. The predicted molar refractivity (Wildman–Crippen MR) is 51.4 cm³/mol. The number of aliphatic imine (C=N–C) groups is 1. The van der Waals surface area contributed by atoms with Gasteiger partial charge in [-0.15, -0.1) is 5.10 Å². The third kappa shape index (κ3) is 1.64. The molecule has 0 spiro atoms. The number of rotatable bonds is 1. The second kappa shape index (κ2) is 3.32. The fourth-order valence-corrected chi connectivity index (χ4v) is 1.58. The van der Waals surface area contributed by atoms with E-state index in [1.807, 2.05) is 11.2 Å². The van der Waals surface area contributed by atoms with Crippen LogP contribution in [-0.4, -0.2) is 41.6 Å². The first-order valence-electron chi connectivity index (χ1n) is 4.63. The molecule has 0 aromatic carbocycles. The molecule has 0 amide bonds. The zero-order chi connectivity index (χ0) is 9.26. The van der Waals surface area contributed by atoms with Crippen LogP contribution in [0, 0.1) is 0 Å². The van der Waals surface area contributed by atoms with Crippen molar-refractivity contribution in [1.82, 2.24) is 9.91 Å². The van der Waals surface area contributed by atoms with Crippen molar-refractivity contribution in [3.05, 3.63) is 11.9 Å². The van der Waals surface area contributed by atoms with Crippen LogP contribution < -0.4 is 0 Å².